The Bertz CT molecular complexity index is 324. The van der Waals surface area contributed by atoms with Crippen LogP contribution in [-0.4, -0.2) is 29.9 Å². The molecule has 0 saturated carbocycles. The summed E-state index contributed by atoms with van der Waals surface area (Å²) in [6.07, 6.45) is 1.44. The first-order chi connectivity index (χ1) is 7.20. The number of hydrogen-bond acceptors (Lipinski definition) is 4. The van der Waals surface area contributed by atoms with Crippen LogP contribution in [0.3, 0.4) is 0 Å². The van der Waals surface area contributed by atoms with Gasteiger partial charge < -0.3 is 15.5 Å². The molecule has 3 N–H and O–H groups in total. The molecule has 0 unspecified atom stereocenters. The third kappa shape index (κ3) is 4.55. The van der Waals surface area contributed by atoms with Gasteiger partial charge in [0.1, 0.15) is 0 Å². The highest BCUT2D eigenvalue weighted by atomic mass is 32.2. The van der Waals surface area contributed by atoms with Crippen LogP contribution in [0.2, 0.25) is 0 Å². The lowest BCUT2D eigenvalue weighted by atomic mass is 10.4. The molecule has 0 bridgehead atoms. The zero-order chi connectivity index (χ0) is 11.1. The molecule has 1 heterocycles. The van der Waals surface area contributed by atoms with Crippen LogP contribution in [0.5, 0.6) is 0 Å². The number of amides is 2. The van der Waals surface area contributed by atoms with E-state index in [0.717, 1.165) is 0 Å². The summed E-state index contributed by atoms with van der Waals surface area (Å²) in [7, 11) is 0. The highest BCUT2D eigenvalue weighted by Crippen LogP contribution is 2.00. The Labute approximate surface area is 91.4 Å². The van der Waals surface area contributed by atoms with Crippen LogP contribution in [0.15, 0.2) is 22.8 Å². The molecule has 82 valence electrons. The monoisotopic (exact) mass is 228 g/mol. The number of nitrogens with one attached hydrogen (secondary N) is 1. The van der Waals surface area contributed by atoms with Gasteiger partial charge in [0, 0.05) is 12.3 Å². The molecular formula is C9H12N2O3S. The van der Waals surface area contributed by atoms with E-state index in [1.54, 1.807) is 12.1 Å². The van der Waals surface area contributed by atoms with E-state index in [1.807, 2.05) is 0 Å². The number of carbonyl (C=O) groups is 2. The molecule has 1 aromatic heterocycles. The van der Waals surface area contributed by atoms with Gasteiger partial charge in [0.25, 0.3) is 5.91 Å². The van der Waals surface area contributed by atoms with Gasteiger partial charge in [-0.1, -0.05) is 0 Å². The van der Waals surface area contributed by atoms with Crippen molar-refractivity contribution in [2.45, 2.75) is 0 Å². The minimum absolute atomic E-state index is 0.250. The van der Waals surface area contributed by atoms with Crippen LogP contribution in [0.4, 0.5) is 0 Å². The average molecular weight is 228 g/mol. The van der Waals surface area contributed by atoms with Gasteiger partial charge in [-0.15, -0.1) is 0 Å². The fourth-order valence-corrected chi connectivity index (χ4v) is 1.50. The van der Waals surface area contributed by atoms with Gasteiger partial charge in [-0.2, -0.15) is 11.8 Å². The van der Waals surface area contributed by atoms with E-state index >= 15 is 0 Å². The van der Waals surface area contributed by atoms with Crippen molar-refractivity contribution < 1.29 is 14.0 Å². The van der Waals surface area contributed by atoms with Crippen LogP contribution in [0, 0.1) is 0 Å². The van der Waals surface area contributed by atoms with Crippen molar-refractivity contribution >= 4 is 23.6 Å². The van der Waals surface area contributed by atoms with Gasteiger partial charge in [-0.05, 0) is 12.1 Å². The van der Waals surface area contributed by atoms with Crippen molar-refractivity contribution in [2.75, 3.05) is 18.1 Å². The molecule has 0 radical (unpaired) electrons. The largest absolute Gasteiger partial charge is 0.459 e. The molecule has 15 heavy (non-hydrogen) atoms. The van der Waals surface area contributed by atoms with Gasteiger partial charge in [-0.25, -0.2) is 0 Å². The van der Waals surface area contributed by atoms with E-state index in [0.29, 0.717) is 12.3 Å². The predicted octanol–water partition coefficient (Wildman–Crippen LogP) is 0.228. The molecule has 0 spiro atoms. The lowest BCUT2D eigenvalue weighted by Gasteiger charge is -2.01. The Morgan fingerprint density at radius 3 is 2.93 bits per heavy atom. The van der Waals surface area contributed by atoms with Crippen LogP contribution in [0.1, 0.15) is 10.6 Å². The van der Waals surface area contributed by atoms with E-state index < -0.39 is 0 Å². The summed E-state index contributed by atoms with van der Waals surface area (Å²) in [6.45, 7) is 0.484. The SMILES string of the molecule is NC(=O)CSCCNC(=O)c1ccco1. The highest BCUT2D eigenvalue weighted by molar-refractivity contribution is 7.99. The number of nitrogens with two attached hydrogens (primary N) is 1. The standard InChI is InChI=1S/C9H12N2O3S/c10-8(12)6-15-5-3-11-9(13)7-2-1-4-14-7/h1-2,4H,3,5-6H2,(H2,10,12)(H,11,13). The van der Waals surface area contributed by atoms with Crippen molar-refractivity contribution in [3.05, 3.63) is 24.2 Å². The maximum Gasteiger partial charge on any atom is 0.287 e. The summed E-state index contributed by atoms with van der Waals surface area (Å²) < 4.78 is 4.90. The summed E-state index contributed by atoms with van der Waals surface area (Å²) in [4.78, 5) is 21.7. The molecule has 1 aromatic rings. The Morgan fingerprint density at radius 1 is 1.53 bits per heavy atom. The number of furan rings is 1. The average Bonchev–Trinajstić information content (AvgIpc) is 2.69. The molecule has 5 nitrogen and oxygen atoms in total. The summed E-state index contributed by atoms with van der Waals surface area (Å²) >= 11 is 1.38. The summed E-state index contributed by atoms with van der Waals surface area (Å²) in [5, 5.41) is 2.65. The summed E-state index contributed by atoms with van der Waals surface area (Å²) in [5.41, 5.74) is 4.95. The van der Waals surface area contributed by atoms with E-state index in [-0.39, 0.29) is 23.3 Å². The van der Waals surface area contributed by atoms with Gasteiger partial charge in [0.05, 0.1) is 12.0 Å². The second-order valence-electron chi connectivity index (χ2n) is 2.75. The lowest BCUT2D eigenvalue weighted by Crippen LogP contribution is -2.25. The predicted molar refractivity (Wildman–Crippen MR) is 57.6 cm³/mol. The maximum absolute atomic E-state index is 11.3. The quantitative estimate of drug-likeness (QED) is 0.682. The number of rotatable bonds is 6. The Kier molecular flexibility index (Phi) is 4.76. The van der Waals surface area contributed by atoms with Crippen molar-refractivity contribution in [3.8, 4) is 0 Å². The second-order valence-corrected chi connectivity index (χ2v) is 3.86. The third-order valence-electron chi connectivity index (χ3n) is 1.52. The van der Waals surface area contributed by atoms with Crippen molar-refractivity contribution in [1.29, 1.82) is 0 Å². The topological polar surface area (TPSA) is 85.3 Å². The zero-order valence-corrected chi connectivity index (χ0v) is 8.88. The van der Waals surface area contributed by atoms with Crippen LogP contribution in [-0.2, 0) is 4.79 Å². The Hall–Kier alpha value is -1.43. The number of primary amides is 1. The minimum Gasteiger partial charge on any atom is -0.459 e. The van der Waals surface area contributed by atoms with Crippen molar-refractivity contribution in [1.82, 2.24) is 5.32 Å². The molecule has 6 heteroatoms. The van der Waals surface area contributed by atoms with Gasteiger partial charge in [0.2, 0.25) is 5.91 Å². The zero-order valence-electron chi connectivity index (χ0n) is 8.06. The van der Waals surface area contributed by atoms with Gasteiger partial charge >= 0.3 is 0 Å². The molecule has 2 amide bonds. The molecular weight excluding hydrogens is 216 g/mol. The molecule has 0 atom stereocenters. The molecule has 0 aromatic carbocycles. The number of hydrogen-bond donors (Lipinski definition) is 2. The molecule has 0 aliphatic carbocycles. The smallest absolute Gasteiger partial charge is 0.287 e. The van der Waals surface area contributed by atoms with Crippen LogP contribution >= 0.6 is 11.8 Å². The van der Waals surface area contributed by atoms with E-state index in [9.17, 15) is 9.59 Å². The Balaban J connectivity index is 2.10. The first kappa shape index (κ1) is 11.6. The fraction of sp³-hybridized carbons (Fsp3) is 0.333. The van der Waals surface area contributed by atoms with Gasteiger partial charge in [0.15, 0.2) is 5.76 Å². The molecule has 0 fully saturated rings. The third-order valence-corrected chi connectivity index (χ3v) is 2.50. The van der Waals surface area contributed by atoms with Crippen molar-refractivity contribution in [2.24, 2.45) is 5.73 Å². The number of thioether (sulfide) groups is 1. The molecule has 0 aliphatic heterocycles. The van der Waals surface area contributed by atoms with Gasteiger partial charge in [-0.3, -0.25) is 9.59 Å². The summed E-state index contributed by atoms with van der Waals surface area (Å²) in [5.74, 6) is 0.610. The maximum atomic E-state index is 11.3. The first-order valence-corrected chi connectivity index (χ1v) is 5.53. The molecule has 1 rings (SSSR count). The summed E-state index contributed by atoms with van der Waals surface area (Å²) in [6, 6.07) is 3.24. The van der Waals surface area contributed by atoms with E-state index in [1.165, 1.54) is 18.0 Å². The second kappa shape index (κ2) is 6.13. The fourth-order valence-electron chi connectivity index (χ4n) is 0.904. The van der Waals surface area contributed by atoms with Crippen LogP contribution in [0.25, 0.3) is 0 Å². The first-order valence-electron chi connectivity index (χ1n) is 4.38. The minimum atomic E-state index is -0.350. The number of carbonyl (C=O) groups excluding carboxylic acids is 2. The highest BCUT2D eigenvalue weighted by Gasteiger charge is 2.06. The lowest BCUT2D eigenvalue weighted by molar-refractivity contribution is -0.115. The van der Waals surface area contributed by atoms with Crippen molar-refractivity contribution in [3.63, 3.8) is 0 Å². The van der Waals surface area contributed by atoms with Crippen LogP contribution < -0.4 is 11.1 Å². The molecule has 0 aliphatic rings. The Morgan fingerprint density at radius 2 is 2.33 bits per heavy atom. The molecule has 0 saturated heterocycles. The van der Waals surface area contributed by atoms with E-state index in [2.05, 4.69) is 5.32 Å². The normalized spacial score (nSPS) is 9.87. The van der Waals surface area contributed by atoms with E-state index in [4.69, 9.17) is 10.2 Å².